The van der Waals surface area contributed by atoms with E-state index in [0.29, 0.717) is 10.0 Å². The lowest BCUT2D eigenvalue weighted by Crippen LogP contribution is -1.90. The van der Waals surface area contributed by atoms with Crippen LogP contribution in [0.5, 0.6) is 0 Å². The molecule has 0 aliphatic rings. The van der Waals surface area contributed by atoms with Gasteiger partial charge in [-0.2, -0.15) is 0 Å². The van der Waals surface area contributed by atoms with Gasteiger partial charge < -0.3 is 5.32 Å². The zero-order chi connectivity index (χ0) is 14.8. The molecule has 0 fully saturated rings. The second-order valence-electron chi connectivity index (χ2n) is 4.51. The number of nitrogens with zero attached hydrogens (tertiary/aromatic N) is 2. The Morgan fingerprint density at radius 1 is 1.14 bits per heavy atom. The number of pyridine rings is 1. The third-order valence-corrected chi connectivity index (χ3v) is 4.13. The van der Waals surface area contributed by atoms with E-state index in [2.05, 4.69) is 15.3 Å². The lowest BCUT2D eigenvalue weighted by Gasteiger charge is -2.04. The third kappa shape index (κ3) is 3.35. The topological polar surface area (TPSA) is 37.8 Å². The summed E-state index contributed by atoms with van der Waals surface area (Å²) in [4.78, 5) is 8.72. The fourth-order valence-corrected chi connectivity index (χ4v) is 3.19. The molecule has 0 spiro atoms. The number of aromatic nitrogens is 2. The number of hydrogen-bond acceptors (Lipinski definition) is 4. The molecule has 3 nitrogen and oxygen atoms in total. The van der Waals surface area contributed by atoms with Crippen molar-refractivity contribution in [2.75, 3.05) is 5.32 Å². The first kappa shape index (κ1) is 14.3. The Kier molecular flexibility index (Phi) is 4.10. The van der Waals surface area contributed by atoms with Crippen LogP contribution in [0.1, 0.15) is 5.56 Å². The van der Waals surface area contributed by atoms with Crippen LogP contribution in [0.3, 0.4) is 0 Å². The van der Waals surface area contributed by atoms with Gasteiger partial charge in [-0.1, -0.05) is 23.2 Å². The zero-order valence-electron chi connectivity index (χ0n) is 11.1. The lowest BCUT2D eigenvalue weighted by atomic mass is 10.1. The van der Waals surface area contributed by atoms with E-state index < -0.39 is 0 Å². The van der Waals surface area contributed by atoms with Crippen molar-refractivity contribution < 1.29 is 0 Å². The first-order valence-corrected chi connectivity index (χ1v) is 7.85. The molecule has 1 aromatic carbocycles. The van der Waals surface area contributed by atoms with E-state index in [1.54, 1.807) is 12.3 Å². The van der Waals surface area contributed by atoms with Gasteiger partial charge in [0.1, 0.15) is 0 Å². The molecule has 2 heterocycles. The standard InChI is InChI=1S/C15H11Cl2N3S/c1-9-2-3-18-7-13(9)14-8-21-15(20-14)19-12-5-10(16)4-11(17)6-12/h2-8H,1H3,(H,19,20). The van der Waals surface area contributed by atoms with E-state index in [1.807, 2.05) is 36.7 Å². The van der Waals surface area contributed by atoms with E-state index in [-0.39, 0.29) is 0 Å². The number of nitrogens with one attached hydrogen (secondary N) is 1. The summed E-state index contributed by atoms with van der Waals surface area (Å²) >= 11 is 13.5. The van der Waals surface area contributed by atoms with Crippen LogP contribution in [0, 0.1) is 6.92 Å². The van der Waals surface area contributed by atoms with Crippen molar-refractivity contribution in [1.29, 1.82) is 0 Å². The Morgan fingerprint density at radius 2 is 1.90 bits per heavy atom. The Balaban J connectivity index is 1.87. The molecule has 0 saturated carbocycles. The minimum Gasteiger partial charge on any atom is -0.331 e. The summed E-state index contributed by atoms with van der Waals surface area (Å²) in [6.07, 6.45) is 3.60. The van der Waals surface area contributed by atoms with E-state index in [1.165, 1.54) is 11.3 Å². The van der Waals surface area contributed by atoms with Crippen LogP contribution < -0.4 is 5.32 Å². The minimum atomic E-state index is 0.588. The monoisotopic (exact) mass is 335 g/mol. The van der Waals surface area contributed by atoms with Crippen molar-refractivity contribution in [2.45, 2.75) is 6.92 Å². The summed E-state index contributed by atoms with van der Waals surface area (Å²) in [7, 11) is 0. The fraction of sp³-hybridized carbons (Fsp3) is 0.0667. The van der Waals surface area contributed by atoms with Crippen LogP contribution in [-0.4, -0.2) is 9.97 Å². The molecule has 0 aliphatic carbocycles. The van der Waals surface area contributed by atoms with Crippen LogP contribution in [0.25, 0.3) is 11.3 Å². The smallest absolute Gasteiger partial charge is 0.187 e. The van der Waals surface area contributed by atoms with Crippen molar-refractivity contribution in [3.8, 4) is 11.3 Å². The van der Waals surface area contributed by atoms with Crippen LogP contribution in [-0.2, 0) is 0 Å². The van der Waals surface area contributed by atoms with E-state index >= 15 is 0 Å². The number of rotatable bonds is 3. The molecule has 3 aromatic rings. The largest absolute Gasteiger partial charge is 0.331 e. The highest BCUT2D eigenvalue weighted by molar-refractivity contribution is 7.14. The first-order valence-electron chi connectivity index (χ1n) is 6.21. The highest BCUT2D eigenvalue weighted by Crippen LogP contribution is 2.30. The SMILES string of the molecule is Cc1ccncc1-c1csc(Nc2cc(Cl)cc(Cl)c2)n1. The molecule has 2 aromatic heterocycles. The Morgan fingerprint density at radius 3 is 2.62 bits per heavy atom. The van der Waals surface area contributed by atoms with Crippen LogP contribution >= 0.6 is 34.5 Å². The molecule has 21 heavy (non-hydrogen) atoms. The predicted octanol–water partition coefficient (Wildman–Crippen LogP) is 5.56. The Bertz CT molecular complexity index is 766. The molecular formula is C15H11Cl2N3S. The number of halogens is 2. The third-order valence-electron chi connectivity index (χ3n) is 2.93. The molecule has 106 valence electrons. The van der Waals surface area contributed by atoms with E-state index in [9.17, 15) is 0 Å². The molecule has 6 heteroatoms. The number of thiazole rings is 1. The Hall–Kier alpha value is -1.62. The molecule has 1 N–H and O–H groups in total. The quantitative estimate of drug-likeness (QED) is 0.680. The van der Waals surface area contributed by atoms with Crippen LogP contribution in [0.4, 0.5) is 10.8 Å². The summed E-state index contributed by atoms with van der Waals surface area (Å²) in [5, 5.41) is 7.17. The molecule has 0 unspecified atom stereocenters. The number of benzene rings is 1. The highest BCUT2D eigenvalue weighted by atomic mass is 35.5. The van der Waals surface area contributed by atoms with Crippen LogP contribution in [0.15, 0.2) is 42.0 Å². The van der Waals surface area contributed by atoms with Gasteiger partial charge in [0.2, 0.25) is 0 Å². The highest BCUT2D eigenvalue weighted by Gasteiger charge is 2.08. The zero-order valence-corrected chi connectivity index (χ0v) is 13.4. The molecule has 0 bridgehead atoms. The maximum atomic E-state index is 5.99. The fourth-order valence-electron chi connectivity index (χ4n) is 1.94. The second-order valence-corrected chi connectivity index (χ2v) is 6.24. The van der Waals surface area contributed by atoms with Crippen molar-refractivity contribution in [1.82, 2.24) is 9.97 Å². The summed E-state index contributed by atoms with van der Waals surface area (Å²) < 4.78 is 0. The number of aryl methyl sites for hydroxylation is 1. The summed E-state index contributed by atoms with van der Waals surface area (Å²) in [5.41, 5.74) is 3.90. The van der Waals surface area contributed by atoms with Crippen molar-refractivity contribution >= 4 is 45.4 Å². The minimum absolute atomic E-state index is 0.588. The molecule has 0 saturated heterocycles. The molecule has 3 rings (SSSR count). The van der Waals surface area contributed by atoms with Gasteiger partial charge >= 0.3 is 0 Å². The molecule has 0 amide bonds. The van der Waals surface area contributed by atoms with Gasteiger partial charge in [-0.15, -0.1) is 11.3 Å². The van der Waals surface area contributed by atoms with Gasteiger partial charge in [0.15, 0.2) is 5.13 Å². The van der Waals surface area contributed by atoms with E-state index in [4.69, 9.17) is 23.2 Å². The van der Waals surface area contributed by atoms with Gasteiger partial charge in [-0.05, 0) is 36.8 Å². The van der Waals surface area contributed by atoms with Gasteiger partial charge in [0.25, 0.3) is 0 Å². The van der Waals surface area contributed by atoms with Gasteiger partial charge in [0.05, 0.1) is 5.69 Å². The number of hydrogen-bond donors (Lipinski definition) is 1. The lowest BCUT2D eigenvalue weighted by molar-refractivity contribution is 1.26. The van der Waals surface area contributed by atoms with Crippen LogP contribution in [0.2, 0.25) is 10.0 Å². The average molecular weight is 336 g/mol. The summed E-state index contributed by atoms with van der Waals surface area (Å²) in [6.45, 7) is 2.04. The number of anilines is 2. The molecule has 0 aliphatic heterocycles. The summed E-state index contributed by atoms with van der Waals surface area (Å²) in [5.74, 6) is 0. The maximum absolute atomic E-state index is 5.99. The maximum Gasteiger partial charge on any atom is 0.187 e. The average Bonchev–Trinajstić information content (AvgIpc) is 2.86. The predicted molar refractivity (Wildman–Crippen MR) is 89.8 cm³/mol. The normalized spacial score (nSPS) is 10.6. The van der Waals surface area contributed by atoms with Crippen molar-refractivity contribution in [2.24, 2.45) is 0 Å². The Labute approximate surface area is 136 Å². The molecule has 0 radical (unpaired) electrons. The molecular weight excluding hydrogens is 325 g/mol. The van der Waals surface area contributed by atoms with Gasteiger partial charge in [-0.3, -0.25) is 4.98 Å². The first-order chi connectivity index (χ1) is 10.1. The van der Waals surface area contributed by atoms with E-state index in [0.717, 1.165) is 27.6 Å². The summed E-state index contributed by atoms with van der Waals surface area (Å²) in [6, 6.07) is 7.28. The van der Waals surface area contributed by atoms with Gasteiger partial charge in [-0.25, -0.2) is 4.98 Å². The van der Waals surface area contributed by atoms with Crippen molar-refractivity contribution in [3.63, 3.8) is 0 Å². The van der Waals surface area contributed by atoms with Crippen molar-refractivity contribution in [3.05, 3.63) is 57.6 Å². The molecule has 0 atom stereocenters. The second kappa shape index (κ2) is 6.02. The van der Waals surface area contributed by atoms with Gasteiger partial charge in [0, 0.05) is 39.1 Å².